The fourth-order valence-electron chi connectivity index (χ4n) is 3.25. The van der Waals surface area contributed by atoms with Crippen LogP contribution in [-0.4, -0.2) is 19.5 Å². The van der Waals surface area contributed by atoms with Gasteiger partial charge in [-0.2, -0.15) is 8.42 Å². The largest absolute Gasteiger partial charge is 0.330 e. The molecule has 0 bridgehead atoms. The van der Waals surface area contributed by atoms with E-state index in [0.717, 1.165) is 24.9 Å². The molecule has 0 radical (unpaired) electrons. The van der Waals surface area contributed by atoms with Gasteiger partial charge >= 0.3 is 0 Å². The number of aryl methyl sites for hydroxylation is 1. The van der Waals surface area contributed by atoms with Crippen molar-refractivity contribution in [1.82, 2.24) is 0 Å². The van der Waals surface area contributed by atoms with Crippen LogP contribution in [0.2, 0.25) is 0 Å². The summed E-state index contributed by atoms with van der Waals surface area (Å²) >= 11 is 0. The van der Waals surface area contributed by atoms with Crippen LogP contribution >= 0.6 is 0 Å². The maximum atomic E-state index is 11.0. The predicted octanol–water partition coefficient (Wildman–Crippen LogP) is 5.51. The monoisotopic (exact) mass is 383 g/mol. The molecule has 1 rings (SSSR count). The molecule has 5 heteroatoms. The Morgan fingerprint density at radius 3 is 1.42 bits per heavy atom. The molecule has 1 aromatic rings. The lowest BCUT2D eigenvalue weighted by Crippen LogP contribution is -1.98. The van der Waals surface area contributed by atoms with Gasteiger partial charge in [-0.25, -0.2) is 0 Å². The fraction of sp³-hybridized carbons (Fsp3) is 0.714. The van der Waals surface area contributed by atoms with Gasteiger partial charge in [0, 0.05) is 0 Å². The molecule has 0 amide bonds. The van der Waals surface area contributed by atoms with Crippen molar-refractivity contribution in [2.45, 2.75) is 94.8 Å². The van der Waals surface area contributed by atoms with E-state index < -0.39 is 10.1 Å². The molecular weight excluding hydrogens is 346 g/mol. The van der Waals surface area contributed by atoms with Gasteiger partial charge in [0.15, 0.2) is 0 Å². The first-order valence-electron chi connectivity index (χ1n) is 10.3. The summed E-state index contributed by atoms with van der Waals surface area (Å²) in [4.78, 5) is -0.0307. The van der Waals surface area contributed by atoms with Crippen LogP contribution in [0.1, 0.15) is 89.0 Å². The molecule has 0 spiro atoms. The summed E-state index contributed by atoms with van der Waals surface area (Å²) in [6, 6.07) is 6.53. The molecule has 0 heterocycles. The van der Waals surface area contributed by atoms with E-state index in [2.05, 4.69) is 0 Å². The minimum Gasteiger partial charge on any atom is -0.330 e. The molecule has 0 aromatic heterocycles. The standard InChI is InChI=1S/C21H37NO3S/c22-19-13-11-9-7-5-3-1-2-4-6-8-10-12-14-20-15-17-21(18-16-20)26(23,24)25/h15-18H,1-14,19,22H2,(H,23,24,25). The lowest BCUT2D eigenvalue weighted by Gasteiger charge is -2.04. The topological polar surface area (TPSA) is 80.4 Å². The number of hydrogen-bond donors (Lipinski definition) is 2. The summed E-state index contributed by atoms with van der Waals surface area (Å²) in [5.41, 5.74) is 6.62. The lowest BCUT2D eigenvalue weighted by molar-refractivity contribution is 0.483. The maximum absolute atomic E-state index is 11.0. The molecule has 0 aliphatic carbocycles. The number of rotatable bonds is 16. The highest BCUT2D eigenvalue weighted by molar-refractivity contribution is 7.85. The predicted molar refractivity (Wildman–Crippen MR) is 109 cm³/mol. The Kier molecular flexibility index (Phi) is 12.6. The van der Waals surface area contributed by atoms with Crippen molar-refractivity contribution in [1.29, 1.82) is 0 Å². The molecule has 0 saturated carbocycles. The molecule has 0 fully saturated rings. The first-order valence-corrected chi connectivity index (χ1v) is 11.7. The van der Waals surface area contributed by atoms with Crippen molar-refractivity contribution in [2.24, 2.45) is 5.73 Å². The normalized spacial score (nSPS) is 11.8. The van der Waals surface area contributed by atoms with Crippen LogP contribution in [0, 0.1) is 0 Å². The van der Waals surface area contributed by atoms with Crippen LogP contribution in [0.3, 0.4) is 0 Å². The highest BCUT2D eigenvalue weighted by Gasteiger charge is 2.08. The molecule has 150 valence electrons. The number of nitrogens with two attached hydrogens (primary N) is 1. The molecule has 0 aliphatic heterocycles. The fourth-order valence-corrected chi connectivity index (χ4v) is 3.73. The Hall–Kier alpha value is -0.910. The van der Waals surface area contributed by atoms with Gasteiger partial charge < -0.3 is 5.73 Å². The number of hydrogen-bond acceptors (Lipinski definition) is 3. The van der Waals surface area contributed by atoms with E-state index in [-0.39, 0.29) is 4.90 Å². The van der Waals surface area contributed by atoms with Crippen LogP contribution in [0.25, 0.3) is 0 Å². The van der Waals surface area contributed by atoms with E-state index in [1.165, 1.54) is 89.2 Å². The van der Waals surface area contributed by atoms with Crippen molar-refractivity contribution in [3.8, 4) is 0 Å². The third kappa shape index (κ3) is 11.7. The van der Waals surface area contributed by atoms with Crippen molar-refractivity contribution < 1.29 is 13.0 Å². The van der Waals surface area contributed by atoms with Crippen molar-refractivity contribution in [3.63, 3.8) is 0 Å². The van der Waals surface area contributed by atoms with Gasteiger partial charge in [-0.15, -0.1) is 0 Å². The van der Waals surface area contributed by atoms with Gasteiger partial charge in [-0.3, -0.25) is 4.55 Å². The highest BCUT2D eigenvalue weighted by Crippen LogP contribution is 2.15. The van der Waals surface area contributed by atoms with Crippen molar-refractivity contribution in [3.05, 3.63) is 29.8 Å². The smallest absolute Gasteiger partial charge is 0.294 e. The summed E-state index contributed by atoms with van der Waals surface area (Å²) in [5, 5.41) is 0. The second kappa shape index (κ2) is 14.2. The van der Waals surface area contributed by atoms with Gasteiger partial charge in [0.2, 0.25) is 0 Å². The quantitative estimate of drug-likeness (QED) is 0.291. The van der Waals surface area contributed by atoms with Gasteiger partial charge in [0.25, 0.3) is 10.1 Å². The molecule has 3 N–H and O–H groups in total. The Labute approximate surface area is 160 Å². The summed E-state index contributed by atoms with van der Waals surface area (Å²) in [6.07, 6.45) is 17.9. The minimum absolute atomic E-state index is 0.0307. The van der Waals surface area contributed by atoms with Crippen molar-refractivity contribution in [2.75, 3.05) is 6.54 Å². The van der Waals surface area contributed by atoms with E-state index in [1.807, 2.05) is 0 Å². The number of benzene rings is 1. The zero-order chi connectivity index (χ0) is 19.1. The summed E-state index contributed by atoms with van der Waals surface area (Å²) in [6.45, 7) is 0.834. The molecule has 1 aromatic carbocycles. The van der Waals surface area contributed by atoms with Gasteiger partial charge in [-0.1, -0.05) is 82.8 Å². The maximum Gasteiger partial charge on any atom is 0.294 e. The Balaban J connectivity index is 1.90. The summed E-state index contributed by atoms with van der Waals surface area (Å²) in [7, 11) is -4.07. The molecule has 0 atom stereocenters. The second-order valence-electron chi connectivity index (χ2n) is 7.25. The Bertz CT molecular complexity index is 555. The Morgan fingerprint density at radius 2 is 1.04 bits per heavy atom. The third-order valence-corrected chi connectivity index (χ3v) is 5.76. The first-order chi connectivity index (χ1) is 12.5. The van der Waals surface area contributed by atoms with Gasteiger partial charge in [0.1, 0.15) is 0 Å². The van der Waals surface area contributed by atoms with Crippen LogP contribution in [0.4, 0.5) is 0 Å². The minimum atomic E-state index is -4.07. The molecule has 26 heavy (non-hydrogen) atoms. The molecule has 0 saturated heterocycles. The molecular formula is C21H37NO3S. The van der Waals surface area contributed by atoms with E-state index >= 15 is 0 Å². The van der Waals surface area contributed by atoms with E-state index in [1.54, 1.807) is 12.1 Å². The third-order valence-electron chi connectivity index (χ3n) is 4.89. The van der Waals surface area contributed by atoms with Crippen LogP contribution in [-0.2, 0) is 16.5 Å². The van der Waals surface area contributed by atoms with E-state index in [9.17, 15) is 8.42 Å². The highest BCUT2D eigenvalue weighted by atomic mass is 32.2. The van der Waals surface area contributed by atoms with E-state index in [0.29, 0.717) is 0 Å². The molecule has 4 nitrogen and oxygen atoms in total. The van der Waals surface area contributed by atoms with E-state index in [4.69, 9.17) is 10.3 Å². The lowest BCUT2D eigenvalue weighted by atomic mass is 10.0. The van der Waals surface area contributed by atoms with Gasteiger partial charge in [0.05, 0.1) is 4.90 Å². The SMILES string of the molecule is NCCCCCCCCCCCCCCCc1ccc(S(=O)(=O)O)cc1. The first kappa shape index (κ1) is 23.1. The Morgan fingerprint density at radius 1 is 0.654 bits per heavy atom. The zero-order valence-electron chi connectivity index (χ0n) is 16.2. The summed E-state index contributed by atoms with van der Waals surface area (Å²) in [5.74, 6) is 0. The van der Waals surface area contributed by atoms with Crippen molar-refractivity contribution >= 4 is 10.1 Å². The molecule has 0 aliphatic rings. The average molecular weight is 384 g/mol. The van der Waals surface area contributed by atoms with Crippen LogP contribution < -0.4 is 5.73 Å². The van der Waals surface area contributed by atoms with Gasteiger partial charge in [-0.05, 0) is 43.5 Å². The zero-order valence-corrected chi connectivity index (χ0v) is 17.0. The molecule has 0 unspecified atom stereocenters. The number of unbranched alkanes of at least 4 members (excludes halogenated alkanes) is 12. The summed E-state index contributed by atoms with van der Waals surface area (Å²) < 4.78 is 30.9. The average Bonchev–Trinajstić information content (AvgIpc) is 2.61. The second-order valence-corrected chi connectivity index (χ2v) is 8.68. The van der Waals surface area contributed by atoms with Crippen LogP contribution in [0.5, 0.6) is 0 Å². The van der Waals surface area contributed by atoms with Crippen LogP contribution in [0.15, 0.2) is 29.2 Å².